The van der Waals surface area contributed by atoms with Crippen LogP contribution in [0.1, 0.15) is 46.7 Å². The quantitative estimate of drug-likeness (QED) is 0.735. The molecular formula is C17H19N5OS. The summed E-state index contributed by atoms with van der Waals surface area (Å²) in [5.74, 6) is 0.425. The molecule has 3 aromatic heterocycles. The Labute approximate surface area is 144 Å². The SMILES string of the molecule is CCc1csc([C@@H]2CCCN(C(=O)c3ccc4nncn4c3)C2)n1. The highest BCUT2D eigenvalue weighted by molar-refractivity contribution is 7.09. The summed E-state index contributed by atoms with van der Waals surface area (Å²) in [7, 11) is 0. The number of pyridine rings is 1. The molecule has 1 atom stereocenters. The number of hydrogen-bond donors (Lipinski definition) is 0. The van der Waals surface area contributed by atoms with E-state index in [1.54, 1.807) is 28.3 Å². The van der Waals surface area contributed by atoms with Gasteiger partial charge < -0.3 is 4.90 Å². The van der Waals surface area contributed by atoms with Crippen molar-refractivity contribution in [2.75, 3.05) is 13.1 Å². The molecule has 0 radical (unpaired) electrons. The topological polar surface area (TPSA) is 63.4 Å². The van der Waals surface area contributed by atoms with Crippen LogP contribution in [-0.4, -0.2) is 43.5 Å². The van der Waals surface area contributed by atoms with Crippen LogP contribution in [0.3, 0.4) is 0 Å². The van der Waals surface area contributed by atoms with Crippen LogP contribution >= 0.6 is 11.3 Å². The lowest BCUT2D eigenvalue weighted by Gasteiger charge is -2.32. The van der Waals surface area contributed by atoms with Crippen molar-refractivity contribution in [1.82, 2.24) is 24.5 Å². The fourth-order valence-corrected chi connectivity index (χ4v) is 4.20. The van der Waals surface area contributed by atoms with Crippen molar-refractivity contribution in [2.45, 2.75) is 32.1 Å². The average Bonchev–Trinajstić information content (AvgIpc) is 3.29. The number of piperidine rings is 1. The molecule has 0 aromatic carbocycles. The van der Waals surface area contributed by atoms with Crippen LogP contribution in [0.15, 0.2) is 30.0 Å². The van der Waals surface area contributed by atoms with E-state index in [0.717, 1.165) is 43.7 Å². The molecule has 1 aliphatic rings. The van der Waals surface area contributed by atoms with Gasteiger partial charge in [0.15, 0.2) is 5.65 Å². The molecule has 1 aliphatic heterocycles. The predicted molar refractivity (Wildman–Crippen MR) is 92.4 cm³/mol. The molecule has 0 bridgehead atoms. The summed E-state index contributed by atoms with van der Waals surface area (Å²) in [6, 6.07) is 3.66. The lowest BCUT2D eigenvalue weighted by atomic mass is 9.98. The highest BCUT2D eigenvalue weighted by atomic mass is 32.1. The van der Waals surface area contributed by atoms with Gasteiger partial charge in [-0.15, -0.1) is 21.5 Å². The van der Waals surface area contributed by atoms with Gasteiger partial charge in [-0.05, 0) is 31.4 Å². The van der Waals surface area contributed by atoms with Crippen LogP contribution in [0, 0.1) is 0 Å². The van der Waals surface area contributed by atoms with Gasteiger partial charge in [0.2, 0.25) is 0 Å². The lowest BCUT2D eigenvalue weighted by molar-refractivity contribution is 0.0706. The molecule has 24 heavy (non-hydrogen) atoms. The highest BCUT2D eigenvalue weighted by Gasteiger charge is 2.27. The zero-order valence-corrected chi connectivity index (χ0v) is 14.4. The van der Waals surface area contributed by atoms with Gasteiger partial charge in [-0.2, -0.15) is 0 Å². The van der Waals surface area contributed by atoms with Crippen molar-refractivity contribution < 1.29 is 4.79 Å². The Morgan fingerprint density at radius 2 is 2.33 bits per heavy atom. The van der Waals surface area contributed by atoms with E-state index >= 15 is 0 Å². The Morgan fingerprint density at radius 1 is 1.42 bits per heavy atom. The number of aromatic nitrogens is 4. The third kappa shape index (κ3) is 2.80. The molecule has 0 unspecified atom stereocenters. The minimum atomic E-state index is 0.0718. The zero-order valence-electron chi connectivity index (χ0n) is 13.6. The molecule has 124 valence electrons. The Morgan fingerprint density at radius 3 is 3.17 bits per heavy atom. The molecule has 1 saturated heterocycles. The summed E-state index contributed by atoms with van der Waals surface area (Å²) < 4.78 is 1.78. The average molecular weight is 341 g/mol. The number of thiazole rings is 1. The maximum atomic E-state index is 12.9. The van der Waals surface area contributed by atoms with Gasteiger partial charge in [0.25, 0.3) is 5.91 Å². The van der Waals surface area contributed by atoms with Crippen LogP contribution in [0.25, 0.3) is 5.65 Å². The number of amides is 1. The maximum absolute atomic E-state index is 12.9. The van der Waals surface area contributed by atoms with Gasteiger partial charge in [-0.3, -0.25) is 9.20 Å². The summed E-state index contributed by atoms with van der Waals surface area (Å²) in [5.41, 5.74) is 2.57. The summed E-state index contributed by atoms with van der Waals surface area (Å²) in [6.45, 7) is 3.67. The largest absolute Gasteiger partial charge is 0.338 e. The Balaban J connectivity index is 1.53. The number of rotatable bonds is 3. The van der Waals surface area contributed by atoms with Gasteiger partial charge in [0.05, 0.1) is 16.3 Å². The standard InChI is InChI=1S/C17H19N5OS/c1-2-14-10-24-16(19-14)12-4-3-7-21(8-12)17(23)13-5-6-15-20-18-11-22(15)9-13/h5-6,9-12H,2-4,7-8H2,1H3/t12-/m1/s1. The minimum Gasteiger partial charge on any atom is -0.338 e. The number of carbonyl (C=O) groups excluding carboxylic acids is 1. The fourth-order valence-electron chi connectivity index (χ4n) is 3.17. The van der Waals surface area contributed by atoms with Crippen LogP contribution in [-0.2, 0) is 6.42 Å². The van der Waals surface area contributed by atoms with E-state index in [2.05, 4.69) is 22.5 Å². The number of likely N-dealkylation sites (tertiary alicyclic amines) is 1. The summed E-state index contributed by atoms with van der Waals surface area (Å²) in [6.07, 6.45) is 6.51. The number of hydrogen-bond acceptors (Lipinski definition) is 5. The molecule has 0 N–H and O–H groups in total. The minimum absolute atomic E-state index is 0.0718. The van der Waals surface area contributed by atoms with Crippen molar-refractivity contribution in [3.63, 3.8) is 0 Å². The van der Waals surface area contributed by atoms with Gasteiger partial charge in [-0.1, -0.05) is 6.92 Å². The number of fused-ring (bicyclic) bond motifs is 1. The number of aryl methyl sites for hydroxylation is 1. The molecule has 7 heteroatoms. The lowest BCUT2D eigenvalue weighted by Crippen LogP contribution is -2.39. The monoisotopic (exact) mass is 341 g/mol. The molecule has 4 rings (SSSR count). The van der Waals surface area contributed by atoms with Gasteiger partial charge in [-0.25, -0.2) is 4.98 Å². The number of nitrogens with zero attached hydrogens (tertiary/aromatic N) is 5. The highest BCUT2D eigenvalue weighted by Crippen LogP contribution is 2.30. The Hall–Kier alpha value is -2.28. The first-order valence-corrected chi connectivity index (χ1v) is 9.15. The van der Waals surface area contributed by atoms with Crippen molar-refractivity contribution in [1.29, 1.82) is 0 Å². The van der Waals surface area contributed by atoms with E-state index in [4.69, 9.17) is 4.98 Å². The van der Waals surface area contributed by atoms with E-state index in [9.17, 15) is 4.79 Å². The molecule has 0 saturated carbocycles. The van der Waals surface area contributed by atoms with Crippen molar-refractivity contribution >= 4 is 22.9 Å². The fraction of sp³-hybridized carbons (Fsp3) is 0.412. The van der Waals surface area contributed by atoms with Crippen molar-refractivity contribution in [3.05, 3.63) is 46.3 Å². The smallest absolute Gasteiger partial charge is 0.255 e. The third-order valence-electron chi connectivity index (χ3n) is 4.53. The van der Waals surface area contributed by atoms with E-state index in [1.165, 1.54) is 5.01 Å². The van der Waals surface area contributed by atoms with Gasteiger partial charge in [0, 0.05) is 30.6 Å². The first-order chi connectivity index (χ1) is 11.7. The summed E-state index contributed by atoms with van der Waals surface area (Å²) in [4.78, 5) is 19.5. The van der Waals surface area contributed by atoms with Crippen LogP contribution < -0.4 is 0 Å². The summed E-state index contributed by atoms with van der Waals surface area (Å²) in [5, 5.41) is 11.1. The molecule has 6 nitrogen and oxygen atoms in total. The first-order valence-electron chi connectivity index (χ1n) is 8.27. The van der Waals surface area contributed by atoms with E-state index in [0.29, 0.717) is 11.5 Å². The van der Waals surface area contributed by atoms with Crippen LogP contribution in [0.4, 0.5) is 0 Å². The second kappa shape index (κ2) is 6.32. The molecule has 3 aromatic rings. The maximum Gasteiger partial charge on any atom is 0.255 e. The van der Waals surface area contributed by atoms with Gasteiger partial charge in [0.1, 0.15) is 6.33 Å². The van der Waals surface area contributed by atoms with Gasteiger partial charge >= 0.3 is 0 Å². The molecule has 4 heterocycles. The molecule has 1 amide bonds. The van der Waals surface area contributed by atoms with E-state index in [-0.39, 0.29) is 5.91 Å². The normalized spacial score (nSPS) is 18.2. The second-order valence-corrected chi connectivity index (χ2v) is 7.02. The predicted octanol–water partition coefficient (Wildman–Crippen LogP) is 2.77. The van der Waals surface area contributed by atoms with E-state index in [1.807, 2.05) is 17.0 Å². The Bertz CT molecular complexity index is 871. The third-order valence-corrected chi connectivity index (χ3v) is 5.58. The zero-order chi connectivity index (χ0) is 16.5. The van der Waals surface area contributed by atoms with Crippen LogP contribution in [0.5, 0.6) is 0 Å². The summed E-state index contributed by atoms with van der Waals surface area (Å²) >= 11 is 1.72. The molecule has 0 aliphatic carbocycles. The first kappa shape index (κ1) is 15.3. The Kier molecular flexibility index (Phi) is 4.02. The number of carbonyl (C=O) groups is 1. The van der Waals surface area contributed by atoms with Crippen molar-refractivity contribution in [2.24, 2.45) is 0 Å². The molecular weight excluding hydrogens is 322 g/mol. The molecule has 0 spiro atoms. The van der Waals surface area contributed by atoms with Crippen LogP contribution in [0.2, 0.25) is 0 Å². The molecule has 1 fully saturated rings. The van der Waals surface area contributed by atoms with E-state index < -0.39 is 0 Å². The second-order valence-electron chi connectivity index (χ2n) is 6.14. The van der Waals surface area contributed by atoms with Crippen molar-refractivity contribution in [3.8, 4) is 0 Å².